The molecule has 0 radical (unpaired) electrons. The first-order valence-electron chi connectivity index (χ1n) is 9.51. The van der Waals surface area contributed by atoms with Gasteiger partial charge in [0.1, 0.15) is 5.02 Å². The molecule has 1 amide bonds. The van der Waals surface area contributed by atoms with Crippen molar-refractivity contribution in [2.24, 2.45) is 0 Å². The van der Waals surface area contributed by atoms with Gasteiger partial charge in [-0.3, -0.25) is 4.79 Å². The second-order valence-electron chi connectivity index (χ2n) is 7.39. The number of hydrogen-bond acceptors (Lipinski definition) is 4. The molecule has 164 valence electrons. The number of nitrogens with zero attached hydrogens (tertiary/aromatic N) is 5. The maximum Gasteiger partial charge on any atom is 0.433 e. The van der Waals surface area contributed by atoms with Crippen molar-refractivity contribution in [2.75, 3.05) is 33.2 Å². The van der Waals surface area contributed by atoms with Crippen LogP contribution < -0.4 is 0 Å². The van der Waals surface area contributed by atoms with E-state index in [1.54, 1.807) is 29.2 Å². The normalized spacial score (nSPS) is 15.6. The van der Waals surface area contributed by atoms with E-state index in [1.165, 1.54) is 0 Å². The number of benzene rings is 1. The minimum atomic E-state index is -4.70. The average Bonchev–Trinajstić information content (AvgIpc) is 3.03. The Bertz CT molecular complexity index is 1120. The molecular formula is C20H18Cl2F3N5O. The lowest BCUT2D eigenvalue weighted by Gasteiger charge is -2.32. The van der Waals surface area contributed by atoms with Crippen molar-refractivity contribution in [3.63, 3.8) is 0 Å². The maximum atomic E-state index is 13.8. The molecule has 1 aromatic carbocycles. The first-order valence-corrected chi connectivity index (χ1v) is 10.3. The molecule has 1 aliphatic heterocycles. The number of aromatic nitrogens is 3. The molecule has 11 heteroatoms. The molecule has 0 unspecified atom stereocenters. The monoisotopic (exact) mass is 471 g/mol. The fourth-order valence-corrected chi connectivity index (χ4v) is 3.78. The highest BCUT2D eigenvalue weighted by atomic mass is 35.5. The van der Waals surface area contributed by atoms with Crippen LogP contribution in [0.3, 0.4) is 0 Å². The zero-order valence-corrected chi connectivity index (χ0v) is 18.0. The van der Waals surface area contributed by atoms with Gasteiger partial charge < -0.3 is 9.80 Å². The highest BCUT2D eigenvalue weighted by Gasteiger charge is 2.36. The van der Waals surface area contributed by atoms with Gasteiger partial charge in [-0.2, -0.15) is 18.3 Å². The third-order valence-electron chi connectivity index (χ3n) is 5.20. The summed E-state index contributed by atoms with van der Waals surface area (Å²) in [7, 11) is 1.96. The number of carbonyl (C=O) groups is 1. The fourth-order valence-electron chi connectivity index (χ4n) is 3.43. The number of carbonyl (C=O) groups excluding carboxylic acids is 1. The van der Waals surface area contributed by atoms with Gasteiger partial charge in [-0.1, -0.05) is 35.3 Å². The van der Waals surface area contributed by atoms with E-state index in [0.717, 1.165) is 19.2 Å². The second-order valence-corrected chi connectivity index (χ2v) is 8.20. The molecule has 3 heterocycles. The number of halogens is 5. The van der Waals surface area contributed by atoms with Gasteiger partial charge in [0.15, 0.2) is 11.3 Å². The molecule has 0 bridgehead atoms. The number of hydrogen-bond donors (Lipinski definition) is 0. The third kappa shape index (κ3) is 4.49. The Morgan fingerprint density at radius 2 is 1.74 bits per heavy atom. The molecule has 31 heavy (non-hydrogen) atoms. The van der Waals surface area contributed by atoms with Crippen molar-refractivity contribution in [1.29, 1.82) is 0 Å². The number of likely N-dealkylation sites (N-methyl/N-ethyl adjacent to an activating group) is 1. The van der Waals surface area contributed by atoms with Crippen LogP contribution in [0.5, 0.6) is 0 Å². The Hall–Kier alpha value is -2.36. The number of piperazine rings is 1. The molecule has 1 saturated heterocycles. The molecule has 6 nitrogen and oxygen atoms in total. The van der Waals surface area contributed by atoms with Crippen LogP contribution in [0.4, 0.5) is 13.2 Å². The van der Waals surface area contributed by atoms with Crippen LogP contribution in [0.15, 0.2) is 30.3 Å². The predicted octanol–water partition coefficient (Wildman–Crippen LogP) is 4.04. The van der Waals surface area contributed by atoms with Crippen molar-refractivity contribution in [3.8, 4) is 11.3 Å². The summed E-state index contributed by atoms with van der Waals surface area (Å²) in [6.45, 7) is 2.56. The maximum absolute atomic E-state index is 13.8. The fraction of sp³-hybridized carbons (Fsp3) is 0.350. The zero-order valence-electron chi connectivity index (χ0n) is 16.5. The number of fused-ring (bicyclic) bond motifs is 1. The van der Waals surface area contributed by atoms with E-state index >= 15 is 0 Å². The lowest BCUT2D eigenvalue weighted by molar-refractivity contribution is -0.142. The largest absolute Gasteiger partial charge is 0.433 e. The first-order chi connectivity index (χ1) is 14.6. The summed E-state index contributed by atoms with van der Waals surface area (Å²) in [5.74, 6) is -0.232. The van der Waals surface area contributed by atoms with Crippen LogP contribution in [0.2, 0.25) is 10.0 Å². The van der Waals surface area contributed by atoms with E-state index in [0.29, 0.717) is 28.2 Å². The van der Waals surface area contributed by atoms with Gasteiger partial charge >= 0.3 is 6.18 Å². The Kier molecular flexibility index (Phi) is 5.85. The average molecular weight is 472 g/mol. The van der Waals surface area contributed by atoms with E-state index in [2.05, 4.69) is 15.0 Å². The molecule has 2 aromatic heterocycles. The molecule has 0 aliphatic carbocycles. The van der Waals surface area contributed by atoms with E-state index < -0.39 is 11.9 Å². The second kappa shape index (κ2) is 8.29. The van der Waals surface area contributed by atoms with Gasteiger partial charge in [0.2, 0.25) is 5.91 Å². The summed E-state index contributed by atoms with van der Waals surface area (Å²) in [5, 5.41) is 4.39. The summed E-state index contributed by atoms with van der Waals surface area (Å²) in [6, 6.07) is 7.18. The number of rotatable bonds is 3. The molecule has 4 rings (SSSR count). The van der Waals surface area contributed by atoms with Gasteiger partial charge in [0.25, 0.3) is 0 Å². The molecule has 1 fully saturated rings. The lowest BCUT2D eigenvalue weighted by Crippen LogP contribution is -2.47. The zero-order chi connectivity index (χ0) is 22.3. The van der Waals surface area contributed by atoms with Gasteiger partial charge in [-0.25, -0.2) is 9.50 Å². The van der Waals surface area contributed by atoms with E-state index in [4.69, 9.17) is 23.2 Å². The van der Waals surface area contributed by atoms with Gasteiger partial charge in [0, 0.05) is 36.8 Å². The molecule has 0 atom stereocenters. The Balaban J connectivity index is 1.74. The van der Waals surface area contributed by atoms with Crippen LogP contribution in [0.1, 0.15) is 11.4 Å². The topological polar surface area (TPSA) is 53.7 Å². The van der Waals surface area contributed by atoms with Crippen molar-refractivity contribution in [2.45, 2.75) is 12.6 Å². The molecular weight excluding hydrogens is 454 g/mol. The van der Waals surface area contributed by atoms with Gasteiger partial charge in [0.05, 0.1) is 17.8 Å². The SMILES string of the molecule is CN1CCN(C(=O)Cc2nn3c(C(F)(F)F)cc(-c4ccc(Cl)cc4)nc3c2Cl)CC1. The van der Waals surface area contributed by atoms with E-state index in [9.17, 15) is 18.0 Å². The Morgan fingerprint density at radius 3 is 2.35 bits per heavy atom. The summed E-state index contributed by atoms with van der Waals surface area (Å²) >= 11 is 12.2. The standard InChI is InChI=1S/C20H18Cl2F3N5O/c1-28-6-8-29(9-7-28)17(31)11-15-18(22)19-26-14(12-2-4-13(21)5-3-12)10-16(20(23,24)25)30(19)27-15/h2-5,10H,6-9,11H2,1H3. The molecule has 0 saturated carbocycles. The van der Waals surface area contributed by atoms with Crippen LogP contribution >= 0.6 is 23.2 Å². The van der Waals surface area contributed by atoms with Crippen molar-refractivity contribution in [1.82, 2.24) is 24.4 Å². The lowest BCUT2D eigenvalue weighted by atomic mass is 10.1. The van der Waals surface area contributed by atoms with Crippen LogP contribution in [-0.2, 0) is 17.4 Å². The Labute approximate surface area is 186 Å². The van der Waals surface area contributed by atoms with Crippen molar-refractivity contribution < 1.29 is 18.0 Å². The number of alkyl halides is 3. The summed E-state index contributed by atoms with van der Waals surface area (Å²) < 4.78 is 42.0. The highest BCUT2D eigenvalue weighted by molar-refractivity contribution is 6.34. The predicted molar refractivity (Wildman–Crippen MR) is 111 cm³/mol. The van der Waals surface area contributed by atoms with E-state index in [1.807, 2.05) is 7.05 Å². The van der Waals surface area contributed by atoms with Crippen LogP contribution in [0.25, 0.3) is 16.9 Å². The van der Waals surface area contributed by atoms with Crippen LogP contribution in [0, 0.1) is 0 Å². The van der Waals surface area contributed by atoms with Crippen molar-refractivity contribution in [3.05, 3.63) is 51.8 Å². The van der Waals surface area contributed by atoms with Gasteiger partial charge in [-0.05, 0) is 25.2 Å². The van der Waals surface area contributed by atoms with E-state index in [-0.39, 0.29) is 34.4 Å². The number of amides is 1. The minimum absolute atomic E-state index is 0.0659. The molecule has 3 aromatic rings. The summed E-state index contributed by atoms with van der Waals surface area (Å²) in [6.07, 6.45) is -4.89. The first kappa shape index (κ1) is 21.9. The Morgan fingerprint density at radius 1 is 1.10 bits per heavy atom. The smallest absolute Gasteiger partial charge is 0.340 e. The minimum Gasteiger partial charge on any atom is -0.340 e. The van der Waals surface area contributed by atoms with Crippen molar-refractivity contribution >= 4 is 34.8 Å². The summed E-state index contributed by atoms with van der Waals surface area (Å²) in [4.78, 5) is 20.7. The van der Waals surface area contributed by atoms with Gasteiger partial charge in [-0.15, -0.1) is 0 Å². The highest BCUT2D eigenvalue weighted by Crippen LogP contribution is 2.35. The molecule has 1 aliphatic rings. The summed E-state index contributed by atoms with van der Waals surface area (Å²) in [5.41, 5.74) is -0.581. The van der Waals surface area contributed by atoms with Crippen LogP contribution in [-0.4, -0.2) is 63.5 Å². The molecule has 0 spiro atoms. The quantitative estimate of drug-likeness (QED) is 0.578. The third-order valence-corrected chi connectivity index (χ3v) is 5.84. The molecule has 0 N–H and O–H groups in total.